The van der Waals surface area contributed by atoms with E-state index in [1.807, 2.05) is 24.3 Å². The normalized spacial score (nSPS) is 11.1. The van der Waals surface area contributed by atoms with Gasteiger partial charge in [-0.2, -0.15) is 8.75 Å². The van der Waals surface area contributed by atoms with Crippen LogP contribution in [0.2, 0.25) is 0 Å². The number of benzene rings is 6. The predicted octanol–water partition coefficient (Wildman–Crippen LogP) is 9.66. The van der Waals surface area contributed by atoms with Crippen molar-refractivity contribution in [3.05, 3.63) is 133 Å². The number of hydrogen-bond donors (Lipinski definition) is 0. The minimum atomic E-state index is 0.831. The van der Waals surface area contributed by atoms with E-state index in [1.54, 1.807) is 7.11 Å². The van der Waals surface area contributed by atoms with Gasteiger partial charge in [0.1, 0.15) is 16.8 Å². The number of para-hydroxylation sites is 2. The van der Waals surface area contributed by atoms with Crippen LogP contribution in [-0.2, 0) is 0 Å². The van der Waals surface area contributed by atoms with E-state index in [1.165, 1.54) is 11.7 Å². The Balaban J connectivity index is 1.39. The average Bonchev–Trinajstić information content (AvgIpc) is 3.51. The molecule has 7 aromatic rings. The number of methoxy groups -OCH3 is 1. The molecule has 6 aromatic carbocycles. The lowest BCUT2D eigenvalue weighted by molar-refractivity contribution is 0.415. The molecule has 1 aromatic heterocycles. The molecule has 5 heteroatoms. The highest BCUT2D eigenvalue weighted by Gasteiger charge is 2.20. The van der Waals surface area contributed by atoms with Gasteiger partial charge in [0.15, 0.2) is 0 Å². The molecule has 4 nitrogen and oxygen atoms in total. The second-order valence-electron chi connectivity index (χ2n) is 9.54. The van der Waals surface area contributed by atoms with E-state index in [4.69, 9.17) is 13.5 Å². The number of nitrogens with zero attached hydrogens (tertiary/aromatic N) is 3. The van der Waals surface area contributed by atoms with E-state index in [2.05, 4.69) is 114 Å². The zero-order valence-electron chi connectivity index (χ0n) is 21.9. The van der Waals surface area contributed by atoms with E-state index in [9.17, 15) is 0 Å². The molecule has 0 saturated heterocycles. The molecule has 1 heterocycles. The first kappa shape index (κ1) is 24.1. The third kappa shape index (κ3) is 4.17. The highest BCUT2D eigenvalue weighted by Crippen LogP contribution is 2.44. The van der Waals surface area contributed by atoms with Crippen LogP contribution in [0.1, 0.15) is 0 Å². The number of anilines is 3. The largest absolute Gasteiger partial charge is 0.497 e. The van der Waals surface area contributed by atoms with Crippen LogP contribution in [0, 0.1) is 0 Å². The topological polar surface area (TPSA) is 38.2 Å². The van der Waals surface area contributed by atoms with Crippen molar-refractivity contribution in [2.45, 2.75) is 0 Å². The quantitative estimate of drug-likeness (QED) is 0.212. The highest BCUT2D eigenvalue weighted by atomic mass is 32.1. The third-order valence-electron chi connectivity index (χ3n) is 7.25. The van der Waals surface area contributed by atoms with Gasteiger partial charge in [-0.1, -0.05) is 84.9 Å². The van der Waals surface area contributed by atoms with Crippen LogP contribution in [0.5, 0.6) is 5.75 Å². The summed E-state index contributed by atoms with van der Waals surface area (Å²) in [6, 6.07) is 46.4. The van der Waals surface area contributed by atoms with Crippen LogP contribution in [-0.4, -0.2) is 15.9 Å². The summed E-state index contributed by atoms with van der Waals surface area (Å²) in [4.78, 5) is 2.27. The first-order chi connectivity index (χ1) is 19.8. The van der Waals surface area contributed by atoms with Crippen molar-refractivity contribution < 1.29 is 4.74 Å². The van der Waals surface area contributed by atoms with Gasteiger partial charge in [-0.05, 0) is 70.4 Å². The summed E-state index contributed by atoms with van der Waals surface area (Å²) < 4.78 is 15.0. The number of rotatable bonds is 6. The Morgan fingerprint density at radius 1 is 0.500 bits per heavy atom. The summed E-state index contributed by atoms with van der Waals surface area (Å²) in [7, 11) is 1.69. The maximum atomic E-state index is 5.40. The molecule has 0 N–H and O–H groups in total. The van der Waals surface area contributed by atoms with Crippen molar-refractivity contribution in [1.29, 1.82) is 0 Å². The second-order valence-corrected chi connectivity index (χ2v) is 10.1. The molecule has 0 aliphatic heterocycles. The number of hydrogen-bond acceptors (Lipinski definition) is 5. The summed E-state index contributed by atoms with van der Waals surface area (Å²) in [5.41, 5.74) is 9.57. The van der Waals surface area contributed by atoms with Crippen LogP contribution >= 0.6 is 11.7 Å². The van der Waals surface area contributed by atoms with Gasteiger partial charge >= 0.3 is 0 Å². The molecule has 0 saturated carbocycles. The molecular formula is C35H25N3OS. The fourth-order valence-electron chi connectivity index (χ4n) is 5.41. The Kier molecular flexibility index (Phi) is 6.19. The average molecular weight is 536 g/mol. The van der Waals surface area contributed by atoms with Gasteiger partial charge in [0.25, 0.3) is 0 Å². The van der Waals surface area contributed by atoms with Crippen LogP contribution in [0.4, 0.5) is 17.1 Å². The molecule has 0 aliphatic carbocycles. The lowest BCUT2D eigenvalue weighted by atomic mass is 9.90. The van der Waals surface area contributed by atoms with Crippen molar-refractivity contribution in [3.63, 3.8) is 0 Å². The van der Waals surface area contributed by atoms with E-state index < -0.39 is 0 Å². The van der Waals surface area contributed by atoms with Gasteiger partial charge in [-0.15, -0.1) is 0 Å². The minimum Gasteiger partial charge on any atom is -0.497 e. The second kappa shape index (κ2) is 10.3. The van der Waals surface area contributed by atoms with Crippen molar-refractivity contribution in [1.82, 2.24) is 8.75 Å². The van der Waals surface area contributed by atoms with Gasteiger partial charge in [-0.3, -0.25) is 0 Å². The Hall–Kier alpha value is -5.00. The molecular weight excluding hydrogens is 510 g/mol. The molecule has 40 heavy (non-hydrogen) atoms. The number of fused-ring (bicyclic) bond motifs is 2. The summed E-state index contributed by atoms with van der Waals surface area (Å²) in [5, 5.41) is 2.31. The van der Waals surface area contributed by atoms with Gasteiger partial charge < -0.3 is 9.64 Å². The van der Waals surface area contributed by atoms with E-state index >= 15 is 0 Å². The SMILES string of the molecule is COc1ccc(-c2c3ccccc3c(-c3ccc(N(c4ccccc4)c4ccccc4)cc3)c3nsnc23)cc1. The highest BCUT2D eigenvalue weighted by molar-refractivity contribution is 7.00. The standard InChI is InChI=1S/C35H25N3OS/c1-39-29-22-18-25(19-23-29)33-31-15-9-8-14-30(31)32(34-35(33)37-40-36-34)24-16-20-28(21-17-24)38(26-10-4-2-5-11-26)27-12-6-3-7-13-27/h2-23H,1H3. The summed E-state index contributed by atoms with van der Waals surface area (Å²) in [6.07, 6.45) is 0. The van der Waals surface area contributed by atoms with E-state index in [0.717, 1.165) is 66.9 Å². The zero-order chi connectivity index (χ0) is 26.9. The smallest absolute Gasteiger partial charge is 0.118 e. The van der Waals surface area contributed by atoms with Gasteiger partial charge in [0.05, 0.1) is 18.8 Å². The maximum absolute atomic E-state index is 5.40. The van der Waals surface area contributed by atoms with Crippen molar-refractivity contribution in [2.75, 3.05) is 12.0 Å². The molecule has 0 radical (unpaired) electrons. The van der Waals surface area contributed by atoms with Gasteiger partial charge in [-0.25, -0.2) is 0 Å². The molecule has 0 atom stereocenters. The minimum absolute atomic E-state index is 0.831. The van der Waals surface area contributed by atoms with Crippen LogP contribution in [0.25, 0.3) is 44.1 Å². The molecule has 0 unspecified atom stereocenters. The molecule has 0 spiro atoms. The molecule has 192 valence electrons. The van der Waals surface area contributed by atoms with E-state index in [-0.39, 0.29) is 0 Å². The predicted molar refractivity (Wildman–Crippen MR) is 167 cm³/mol. The van der Waals surface area contributed by atoms with Crippen LogP contribution in [0.3, 0.4) is 0 Å². The Bertz CT molecular complexity index is 1880. The van der Waals surface area contributed by atoms with Crippen LogP contribution in [0.15, 0.2) is 133 Å². The molecule has 0 aliphatic rings. The van der Waals surface area contributed by atoms with Crippen LogP contribution < -0.4 is 9.64 Å². The summed E-state index contributed by atoms with van der Waals surface area (Å²) in [5.74, 6) is 0.831. The lowest BCUT2D eigenvalue weighted by Gasteiger charge is -2.25. The monoisotopic (exact) mass is 535 g/mol. The van der Waals surface area contributed by atoms with Crippen molar-refractivity contribution in [2.24, 2.45) is 0 Å². The zero-order valence-corrected chi connectivity index (χ0v) is 22.7. The first-order valence-electron chi connectivity index (χ1n) is 13.1. The Morgan fingerprint density at radius 3 is 1.40 bits per heavy atom. The third-order valence-corrected chi connectivity index (χ3v) is 7.78. The number of aromatic nitrogens is 2. The van der Waals surface area contributed by atoms with Gasteiger partial charge in [0.2, 0.25) is 0 Å². The van der Waals surface area contributed by atoms with Crippen molar-refractivity contribution in [3.8, 4) is 28.0 Å². The fraction of sp³-hybridized carbons (Fsp3) is 0.0286. The maximum Gasteiger partial charge on any atom is 0.118 e. The Labute approximate surface area is 237 Å². The Morgan fingerprint density at radius 2 is 0.925 bits per heavy atom. The molecule has 7 rings (SSSR count). The van der Waals surface area contributed by atoms with Gasteiger partial charge in [0, 0.05) is 28.2 Å². The van der Waals surface area contributed by atoms with Crippen molar-refractivity contribution >= 4 is 50.6 Å². The summed E-state index contributed by atoms with van der Waals surface area (Å²) in [6.45, 7) is 0. The number of ether oxygens (including phenoxy) is 1. The van der Waals surface area contributed by atoms with E-state index in [0.29, 0.717) is 0 Å². The fourth-order valence-corrected chi connectivity index (χ4v) is 5.97. The lowest BCUT2D eigenvalue weighted by Crippen LogP contribution is -2.09. The molecule has 0 amide bonds. The molecule has 0 bridgehead atoms. The molecule has 0 fully saturated rings. The first-order valence-corrected chi connectivity index (χ1v) is 13.9. The summed E-state index contributed by atoms with van der Waals surface area (Å²) >= 11 is 1.26.